The molecule has 1 heteroatoms. The first kappa shape index (κ1) is 14.9. The van der Waals surface area contributed by atoms with Crippen molar-refractivity contribution < 1.29 is 5.11 Å². The monoisotopic (exact) mass is 190 g/mol. The second-order valence-corrected chi connectivity index (χ2v) is 2.09. The van der Waals surface area contributed by atoms with Crippen molar-refractivity contribution in [2.24, 2.45) is 0 Å². The van der Waals surface area contributed by atoms with Crippen LogP contribution in [0.1, 0.15) is 5.56 Å². The number of rotatable bonds is 2. The quantitative estimate of drug-likeness (QED) is 0.709. The molecule has 0 fully saturated rings. The molecule has 0 heterocycles. The highest BCUT2D eigenvalue weighted by molar-refractivity contribution is 5.45. The van der Waals surface area contributed by atoms with Crippen LogP contribution in [0.25, 0.3) is 6.08 Å². The topological polar surface area (TPSA) is 20.2 Å². The fraction of sp³-hybridized carbons (Fsp3) is 0.0769. The average Bonchev–Trinajstić information content (AvgIpc) is 2.33. The van der Waals surface area contributed by atoms with Gasteiger partial charge in [-0.05, 0) is 5.56 Å². The van der Waals surface area contributed by atoms with Crippen LogP contribution in [0, 0.1) is 0 Å². The largest absolute Gasteiger partial charge is 0.400 e. The molecule has 0 aromatic heterocycles. The Morgan fingerprint density at radius 1 is 0.929 bits per heavy atom. The third-order valence-corrected chi connectivity index (χ3v) is 1.20. The fourth-order valence-electron chi connectivity index (χ4n) is 0.589. The summed E-state index contributed by atoms with van der Waals surface area (Å²) in [5, 5.41) is 7.00. The zero-order chi connectivity index (χ0) is 11.2. The van der Waals surface area contributed by atoms with Crippen molar-refractivity contribution in [1.82, 2.24) is 0 Å². The van der Waals surface area contributed by atoms with Gasteiger partial charge in [0.25, 0.3) is 0 Å². The number of allylic oxidation sites excluding steroid dienone is 2. The lowest BCUT2D eigenvalue weighted by atomic mass is 10.2. The van der Waals surface area contributed by atoms with Crippen LogP contribution in [0.15, 0.2) is 62.2 Å². The second-order valence-electron chi connectivity index (χ2n) is 2.09. The van der Waals surface area contributed by atoms with Crippen LogP contribution in [-0.4, -0.2) is 12.2 Å². The van der Waals surface area contributed by atoms with Crippen LogP contribution in [0.2, 0.25) is 0 Å². The summed E-state index contributed by atoms with van der Waals surface area (Å²) < 4.78 is 0. The molecule has 0 aliphatic rings. The predicted octanol–water partition coefficient (Wildman–Crippen LogP) is 3.30. The average molecular weight is 190 g/mol. The molecule has 0 atom stereocenters. The lowest BCUT2D eigenvalue weighted by molar-refractivity contribution is 0.399. The third-order valence-electron chi connectivity index (χ3n) is 1.20. The van der Waals surface area contributed by atoms with Crippen LogP contribution >= 0.6 is 0 Å². The SMILES string of the molecule is C=CC=C.C=Cc1ccccc1.CO. The predicted molar refractivity (Wildman–Crippen MR) is 65.1 cm³/mol. The van der Waals surface area contributed by atoms with E-state index in [4.69, 9.17) is 5.11 Å². The second kappa shape index (κ2) is 14.0. The molecule has 1 nitrogen and oxygen atoms in total. The summed E-state index contributed by atoms with van der Waals surface area (Å²) in [5.41, 5.74) is 1.17. The molecular weight excluding hydrogens is 172 g/mol. The van der Waals surface area contributed by atoms with E-state index in [-0.39, 0.29) is 0 Å². The normalized spacial score (nSPS) is 6.71. The smallest absolute Gasteiger partial charge is 0.0319 e. The Morgan fingerprint density at radius 3 is 1.57 bits per heavy atom. The van der Waals surface area contributed by atoms with Gasteiger partial charge >= 0.3 is 0 Å². The van der Waals surface area contributed by atoms with E-state index < -0.39 is 0 Å². The minimum Gasteiger partial charge on any atom is -0.400 e. The molecule has 1 N–H and O–H groups in total. The Labute approximate surface area is 86.7 Å². The van der Waals surface area contributed by atoms with E-state index in [2.05, 4.69) is 19.7 Å². The first-order valence-corrected chi connectivity index (χ1v) is 4.20. The van der Waals surface area contributed by atoms with Crippen molar-refractivity contribution >= 4 is 6.08 Å². The van der Waals surface area contributed by atoms with Crippen molar-refractivity contribution in [3.8, 4) is 0 Å². The minimum atomic E-state index is 1.00. The maximum atomic E-state index is 7.00. The maximum absolute atomic E-state index is 7.00. The molecule has 14 heavy (non-hydrogen) atoms. The molecule has 0 spiro atoms. The van der Waals surface area contributed by atoms with E-state index in [9.17, 15) is 0 Å². The molecule has 0 aliphatic heterocycles. The number of hydrogen-bond acceptors (Lipinski definition) is 1. The summed E-state index contributed by atoms with van der Waals surface area (Å²) in [6.07, 6.45) is 5.11. The summed E-state index contributed by atoms with van der Waals surface area (Å²) in [6.45, 7) is 10.4. The van der Waals surface area contributed by atoms with E-state index in [1.807, 2.05) is 36.4 Å². The van der Waals surface area contributed by atoms with Crippen LogP contribution in [-0.2, 0) is 0 Å². The standard InChI is InChI=1S/C8H8.C4H6.CH4O/c1-2-8-6-4-3-5-7-8;1-3-4-2;1-2/h2-7H,1H2;3-4H,1-2H2;2H,1H3. The molecule has 0 aliphatic carbocycles. The first-order valence-electron chi connectivity index (χ1n) is 4.20. The Hall–Kier alpha value is -1.60. The molecule has 0 bridgehead atoms. The van der Waals surface area contributed by atoms with Crippen LogP contribution < -0.4 is 0 Å². The molecule has 1 aromatic rings. The molecule has 76 valence electrons. The Morgan fingerprint density at radius 2 is 1.36 bits per heavy atom. The Balaban J connectivity index is 0. The number of aliphatic hydroxyl groups is 1. The van der Waals surface area contributed by atoms with Crippen molar-refractivity contribution in [3.05, 3.63) is 67.8 Å². The Kier molecular flexibility index (Phi) is 14.9. The van der Waals surface area contributed by atoms with Gasteiger partial charge in [-0.3, -0.25) is 0 Å². The van der Waals surface area contributed by atoms with E-state index >= 15 is 0 Å². The van der Waals surface area contributed by atoms with Crippen LogP contribution in [0.3, 0.4) is 0 Å². The van der Waals surface area contributed by atoms with Crippen LogP contribution in [0.4, 0.5) is 0 Å². The molecule has 1 aromatic carbocycles. The zero-order valence-corrected chi connectivity index (χ0v) is 8.69. The Bertz CT molecular complexity index is 231. The molecule has 0 unspecified atom stereocenters. The summed E-state index contributed by atoms with van der Waals surface area (Å²) in [6, 6.07) is 10.0. The van der Waals surface area contributed by atoms with Gasteiger partial charge in [-0.2, -0.15) is 0 Å². The van der Waals surface area contributed by atoms with Gasteiger partial charge in [0.1, 0.15) is 0 Å². The highest BCUT2D eigenvalue weighted by atomic mass is 16.2. The van der Waals surface area contributed by atoms with Gasteiger partial charge in [0.15, 0.2) is 0 Å². The van der Waals surface area contributed by atoms with E-state index in [0.717, 1.165) is 7.11 Å². The van der Waals surface area contributed by atoms with Gasteiger partial charge in [0, 0.05) is 7.11 Å². The molecule has 0 amide bonds. The molecular formula is C13H18O. The van der Waals surface area contributed by atoms with E-state index in [0.29, 0.717) is 0 Å². The van der Waals surface area contributed by atoms with Crippen molar-refractivity contribution in [3.63, 3.8) is 0 Å². The van der Waals surface area contributed by atoms with E-state index in [1.54, 1.807) is 12.2 Å². The summed E-state index contributed by atoms with van der Waals surface area (Å²) in [7, 11) is 1.00. The van der Waals surface area contributed by atoms with Gasteiger partial charge < -0.3 is 5.11 Å². The van der Waals surface area contributed by atoms with E-state index in [1.165, 1.54) is 5.56 Å². The van der Waals surface area contributed by atoms with Gasteiger partial charge in [-0.25, -0.2) is 0 Å². The lowest BCUT2D eigenvalue weighted by Gasteiger charge is -1.85. The van der Waals surface area contributed by atoms with Crippen molar-refractivity contribution in [2.45, 2.75) is 0 Å². The summed E-state index contributed by atoms with van der Waals surface area (Å²) in [5.74, 6) is 0. The van der Waals surface area contributed by atoms with Crippen molar-refractivity contribution in [1.29, 1.82) is 0 Å². The molecule has 0 saturated carbocycles. The fourth-order valence-corrected chi connectivity index (χ4v) is 0.589. The highest BCUT2D eigenvalue weighted by Gasteiger charge is 1.75. The summed E-state index contributed by atoms with van der Waals surface area (Å²) in [4.78, 5) is 0. The highest BCUT2D eigenvalue weighted by Crippen LogP contribution is 1.97. The number of hydrogen-bond donors (Lipinski definition) is 1. The molecule has 1 rings (SSSR count). The lowest BCUT2D eigenvalue weighted by Crippen LogP contribution is -1.63. The number of benzene rings is 1. The van der Waals surface area contributed by atoms with Crippen molar-refractivity contribution in [2.75, 3.05) is 7.11 Å². The first-order chi connectivity index (χ1) is 6.85. The van der Waals surface area contributed by atoms with Crippen LogP contribution in [0.5, 0.6) is 0 Å². The zero-order valence-electron chi connectivity index (χ0n) is 8.69. The third kappa shape index (κ3) is 10.4. The van der Waals surface area contributed by atoms with Gasteiger partial charge in [-0.15, -0.1) is 0 Å². The van der Waals surface area contributed by atoms with Gasteiger partial charge in [0.05, 0.1) is 0 Å². The molecule has 0 radical (unpaired) electrons. The molecule has 0 saturated heterocycles. The maximum Gasteiger partial charge on any atom is 0.0319 e. The minimum absolute atomic E-state index is 1.00. The number of aliphatic hydroxyl groups excluding tert-OH is 1. The van der Waals surface area contributed by atoms with Gasteiger partial charge in [0.2, 0.25) is 0 Å². The van der Waals surface area contributed by atoms with Gasteiger partial charge in [-0.1, -0.05) is 68.3 Å². The summed E-state index contributed by atoms with van der Waals surface area (Å²) >= 11 is 0.